The first kappa shape index (κ1) is 11.9. The maximum Gasteiger partial charge on any atom is 0.150 e. The molecule has 0 radical (unpaired) electrons. The van der Waals surface area contributed by atoms with E-state index in [1.165, 1.54) is 12.1 Å². The Kier molecular flexibility index (Phi) is 2.80. The van der Waals surface area contributed by atoms with Gasteiger partial charge in [-0.2, -0.15) is 0 Å². The maximum absolute atomic E-state index is 10.2. The Morgan fingerprint density at radius 3 is 2.53 bits per heavy atom. The van der Waals surface area contributed by atoms with Crippen LogP contribution in [0.3, 0.4) is 0 Å². The van der Waals surface area contributed by atoms with Crippen LogP contribution < -0.4 is 4.74 Å². The number of ether oxygens (including phenoxy) is 1. The number of benzene rings is 2. The van der Waals surface area contributed by atoms with Gasteiger partial charge in [-0.05, 0) is 5.56 Å². The summed E-state index contributed by atoms with van der Waals surface area (Å²) in [6, 6.07) is 12.1. The van der Waals surface area contributed by atoms with Crippen molar-refractivity contribution in [2.75, 3.05) is 0 Å². The zero-order valence-electron chi connectivity index (χ0n) is 10.2. The fraction of sp³-hybridized carbons (Fsp3) is 0.200. The first-order valence-electron chi connectivity index (χ1n) is 6.09. The van der Waals surface area contributed by atoms with Gasteiger partial charge in [0.15, 0.2) is 0 Å². The molecule has 0 saturated carbocycles. The lowest BCUT2D eigenvalue weighted by molar-refractivity contribution is 0.0198. The van der Waals surface area contributed by atoms with Crippen molar-refractivity contribution in [2.45, 2.75) is 18.6 Å². The van der Waals surface area contributed by atoms with E-state index >= 15 is 0 Å². The molecule has 0 fully saturated rings. The van der Waals surface area contributed by atoms with Gasteiger partial charge in [-0.15, -0.1) is 0 Å². The highest BCUT2D eigenvalue weighted by Crippen LogP contribution is 2.41. The number of aliphatic hydroxyl groups is 1. The van der Waals surface area contributed by atoms with E-state index in [0.29, 0.717) is 17.7 Å². The Morgan fingerprint density at radius 1 is 1.05 bits per heavy atom. The van der Waals surface area contributed by atoms with Gasteiger partial charge >= 0.3 is 0 Å². The summed E-state index contributed by atoms with van der Waals surface area (Å²) < 4.78 is 5.72. The van der Waals surface area contributed by atoms with Gasteiger partial charge in [0, 0.05) is 24.1 Å². The van der Waals surface area contributed by atoms with E-state index in [1.54, 1.807) is 0 Å². The highest BCUT2D eigenvalue weighted by atomic mass is 16.5. The molecular formula is C15H14O4. The Bertz CT molecular complexity index is 595. The molecule has 2 aromatic carbocycles. The minimum absolute atomic E-state index is 0.0550. The zero-order chi connectivity index (χ0) is 13.4. The summed E-state index contributed by atoms with van der Waals surface area (Å²) in [4.78, 5) is 0. The van der Waals surface area contributed by atoms with Crippen molar-refractivity contribution >= 4 is 0 Å². The second kappa shape index (κ2) is 4.48. The second-order valence-electron chi connectivity index (χ2n) is 4.66. The average Bonchev–Trinajstić information content (AvgIpc) is 2.40. The first-order chi connectivity index (χ1) is 9.15. The number of phenols is 2. The standard InChI is InChI=1S/C15H14O4/c16-10-6-12(17)11-8-13(18)15(19-14(11)7-10)9-4-2-1-3-5-9/h1-7,13,15-18H,8H2/t13-,15-/m1/s1. The summed E-state index contributed by atoms with van der Waals surface area (Å²) in [6.45, 7) is 0. The molecule has 1 heterocycles. The zero-order valence-corrected chi connectivity index (χ0v) is 10.2. The predicted octanol–water partition coefficient (Wildman–Crippen LogP) is 2.13. The second-order valence-corrected chi connectivity index (χ2v) is 4.66. The van der Waals surface area contributed by atoms with Crippen LogP contribution in [0.2, 0.25) is 0 Å². The van der Waals surface area contributed by atoms with Crippen molar-refractivity contribution in [1.29, 1.82) is 0 Å². The van der Waals surface area contributed by atoms with Crippen molar-refractivity contribution in [3.8, 4) is 17.2 Å². The number of aliphatic hydroxyl groups excluding tert-OH is 1. The lowest BCUT2D eigenvalue weighted by Crippen LogP contribution is -2.30. The fourth-order valence-electron chi connectivity index (χ4n) is 2.39. The third-order valence-corrected chi connectivity index (χ3v) is 3.31. The highest BCUT2D eigenvalue weighted by molar-refractivity contribution is 5.51. The van der Waals surface area contributed by atoms with Gasteiger partial charge in [0.2, 0.25) is 0 Å². The molecule has 0 bridgehead atoms. The number of hydrogen-bond acceptors (Lipinski definition) is 4. The number of phenolic OH excluding ortho intramolecular Hbond substituents is 2. The van der Waals surface area contributed by atoms with Crippen LogP contribution in [0.15, 0.2) is 42.5 Å². The molecule has 0 aliphatic carbocycles. The van der Waals surface area contributed by atoms with Crippen LogP contribution in [0, 0.1) is 0 Å². The van der Waals surface area contributed by atoms with Gasteiger partial charge in [0.25, 0.3) is 0 Å². The molecule has 2 atom stereocenters. The van der Waals surface area contributed by atoms with Gasteiger partial charge in [0.1, 0.15) is 23.4 Å². The van der Waals surface area contributed by atoms with E-state index in [-0.39, 0.29) is 11.5 Å². The molecule has 19 heavy (non-hydrogen) atoms. The largest absolute Gasteiger partial charge is 0.508 e. The molecule has 1 aliphatic heterocycles. The first-order valence-corrected chi connectivity index (χ1v) is 6.09. The Morgan fingerprint density at radius 2 is 1.79 bits per heavy atom. The van der Waals surface area contributed by atoms with Gasteiger partial charge in [-0.1, -0.05) is 30.3 Å². The van der Waals surface area contributed by atoms with Crippen LogP contribution >= 0.6 is 0 Å². The number of rotatable bonds is 1. The minimum Gasteiger partial charge on any atom is -0.508 e. The lowest BCUT2D eigenvalue weighted by Gasteiger charge is -2.31. The third kappa shape index (κ3) is 2.11. The molecule has 3 N–H and O–H groups in total. The third-order valence-electron chi connectivity index (χ3n) is 3.31. The topological polar surface area (TPSA) is 69.9 Å². The number of hydrogen-bond donors (Lipinski definition) is 3. The summed E-state index contributed by atoms with van der Waals surface area (Å²) in [5, 5.41) is 29.4. The number of aromatic hydroxyl groups is 2. The fourth-order valence-corrected chi connectivity index (χ4v) is 2.39. The summed E-state index contributed by atoms with van der Waals surface area (Å²) >= 11 is 0. The molecule has 0 spiro atoms. The SMILES string of the molecule is Oc1cc(O)c2c(c1)O[C@H](c1ccccc1)[C@H](O)C2. The van der Waals surface area contributed by atoms with E-state index in [4.69, 9.17) is 4.74 Å². The van der Waals surface area contributed by atoms with Crippen molar-refractivity contribution in [2.24, 2.45) is 0 Å². The molecule has 0 saturated heterocycles. The molecule has 4 heteroatoms. The van der Waals surface area contributed by atoms with Crippen molar-refractivity contribution < 1.29 is 20.1 Å². The van der Waals surface area contributed by atoms with Crippen LogP contribution in [0.1, 0.15) is 17.2 Å². The quantitative estimate of drug-likeness (QED) is 0.733. The molecular weight excluding hydrogens is 244 g/mol. The van der Waals surface area contributed by atoms with Crippen LogP contribution in [0.5, 0.6) is 17.2 Å². The lowest BCUT2D eigenvalue weighted by atomic mass is 9.94. The Hall–Kier alpha value is -2.20. The summed E-state index contributed by atoms with van der Waals surface area (Å²) in [5.74, 6) is 0.302. The van der Waals surface area contributed by atoms with E-state index in [1.807, 2.05) is 30.3 Å². The molecule has 4 nitrogen and oxygen atoms in total. The average molecular weight is 258 g/mol. The van der Waals surface area contributed by atoms with Crippen LogP contribution in [-0.4, -0.2) is 21.4 Å². The molecule has 0 unspecified atom stereocenters. The van der Waals surface area contributed by atoms with E-state index in [0.717, 1.165) is 5.56 Å². The summed E-state index contributed by atoms with van der Waals surface area (Å²) in [7, 11) is 0. The van der Waals surface area contributed by atoms with Crippen LogP contribution in [0.4, 0.5) is 0 Å². The Balaban J connectivity index is 2.00. The van der Waals surface area contributed by atoms with Crippen molar-refractivity contribution in [3.05, 3.63) is 53.6 Å². The van der Waals surface area contributed by atoms with E-state index < -0.39 is 12.2 Å². The van der Waals surface area contributed by atoms with Gasteiger partial charge in [0.05, 0.1) is 6.10 Å². The van der Waals surface area contributed by atoms with Crippen LogP contribution in [0.25, 0.3) is 0 Å². The van der Waals surface area contributed by atoms with Gasteiger partial charge in [-0.3, -0.25) is 0 Å². The minimum atomic E-state index is -0.731. The molecule has 3 rings (SSSR count). The predicted molar refractivity (Wildman–Crippen MR) is 69.3 cm³/mol. The maximum atomic E-state index is 10.2. The summed E-state index contributed by atoms with van der Waals surface area (Å²) in [6.07, 6.45) is -0.929. The highest BCUT2D eigenvalue weighted by Gasteiger charge is 2.31. The smallest absolute Gasteiger partial charge is 0.150 e. The molecule has 0 amide bonds. The van der Waals surface area contributed by atoms with Gasteiger partial charge in [-0.25, -0.2) is 0 Å². The van der Waals surface area contributed by atoms with E-state index in [2.05, 4.69) is 0 Å². The Labute approximate surface area is 110 Å². The molecule has 98 valence electrons. The summed E-state index contributed by atoms with van der Waals surface area (Å²) in [5.41, 5.74) is 1.39. The van der Waals surface area contributed by atoms with Crippen LogP contribution in [-0.2, 0) is 6.42 Å². The molecule has 1 aliphatic rings. The van der Waals surface area contributed by atoms with E-state index in [9.17, 15) is 15.3 Å². The normalized spacial score (nSPS) is 21.5. The van der Waals surface area contributed by atoms with Crippen molar-refractivity contribution in [3.63, 3.8) is 0 Å². The molecule has 2 aromatic rings. The monoisotopic (exact) mass is 258 g/mol. The van der Waals surface area contributed by atoms with Crippen molar-refractivity contribution in [1.82, 2.24) is 0 Å². The molecule has 0 aromatic heterocycles. The van der Waals surface area contributed by atoms with Gasteiger partial charge < -0.3 is 20.1 Å². The number of fused-ring (bicyclic) bond motifs is 1.